The molecule has 0 aliphatic carbocycles. The van der Waals surface area contributed by atoms with Crippen molar-refractivity contribution in [3.8, 4) is 0 Å². The van der Waals surface area contributed by atoms with E-state index in [1.165, 1.54) is 0 Å². The van der Waals surface area contributed by atoms with Crippen LogP contribution in [-0.4, -0.2) is 4.98 Å². The molecule has 0 aliphatic heterocycles. The van der Waals surface area contributed by atoms with Gasteiger partial charge in [-0.2, -0.15) is 0 Å². The fourth-order valence-corrected chi connectivity index (χ4v) is 0.364. The Bertz CT molecular complexity index is 110. The van der Waals surface area contributed by atoms with Crippen LogP contribution in [0.25, 0.3) is 0 Å². The summed E-state index contributed by atoms with van der Waals surface area (Å²) in [5.74, 6) is 0. The zero-order valence-corrected chi connectivity index (χ0v) is 5.68. The number of hydrogen-bond donors (Lipinski definition) is 1. The van der Waals surface area contributed by atoms with Crippen LogP contribution in [0.4, 0.5) is 0 Å². The molecule has 0 unspecified atom stereocenters. The van der Waals surface area contributed by atoms with Crippen molar-refractivity contribution in [3.63, 3.8) is 0 Å². The van der Waals surface area contributed by atoms with Gasteiger partial charge in [0.25, 0.3) is 0 Å². The summed E-state index contributed by atoms with van der Waals surface area (Å²) in [6, 6.07) is 0. The predicted octanol–water partition coefficient (Wildman–Crippen LogP) is 0.865. The predicted molar refractivity (Wildman–Crippen MR) is 33.3 cm³/mol. The smallest absolute Gasteiger partial charge is 0.241 e. The zero-order valence-electron chi connectivity index (χ0n) is 5.68. The maximum atomic E-state index is 2.89. The van der Waals surface area contributed by atoms with E-state index in [1.54, 1.807) is 0 Å². The summed E-state index contributed by atoms with van der Waals surface area (Å²) in [4.78, 5) is 2.89. The number of rotatable bonds is 0. The normalized spacial score (nSPS) is 7.38. The lowest BCUT2D eigenvalue weighted by atomic mass is 10.9. The largest absolute Gasteiger partial charge is 0.250 e. The van der Waals surface area contributed by atoms with Gasteiger partial charge in [0.1, 0.15) is 12.4 Å². The first-order valence-corrected chi connectivity index (χ1v) is 2.87. The van der Waals surface area contributed by atoms with E-state index in [0.29, 0.717) is 0 Å². The minimum Gasteiger partial charge on any atom is -0.250 e. The maximum absolute atomic E-state index is 2.89. The van der Waals surface area contributed by atoms with Crippen LogP contribution in [0.1, 0.15) is 13.8 Å². The van der Waals surface area contributed by atoms with Crippen LogP contribution in [0.5, 0.6) is 0 Å². The molecule has 2 heteroatoms. The Hall–Kier alpha value is -0.790. The lowest BCUT2D eigenvalue weighted by Crippen LogP contribution is -2.22. The molecule has 1 rings (SSSR count). The van der Waals surface area contributed by atoms with E-state index in [4.69, 9.17) is 0 Å². The Morgan fingerprint density at radius 3 is 2.12 bits per heavy atom. The molecule has 0 atom stereocenters. The van der Waals surface area contributed by atoms with Crippen LogP contribution in [0.3, 0.4) is 0 Å². The number of nitrogens with zero attached hydrogens (tertiary/aromatic N) is 1. The van der Waals surface area contributed by atoms with E-state index in [9.17, 15) is 0 Å². The van der Waals surface area contributed by atoms with Gasteiger partial charge in [-0.3, -0.25) is 4.98 Å². The number of H-pyrrole nitrogens is 1. The molecular weight excluding hydrogens is 100 g/mol. The van der Waals surface area contributed by atoms with Gasteiger partial charge in [0.15, 0.2) is 0 Å². The molecule has 0 spiro atoms. The number of nitrogens with one attached hydrogen (secondary N) is 1. The van der Waals surface area contributed by atoms with Gasteiger partial charge < -0.3 is 0 Å². The number of hydrogen-bond acceptors (Lipinski definition) is 0. The van der Waals surface area contributed by atoms with Crippen molar-refractivity contribution < 1.29 is 4.57 Å². The lowest BCUT2D eigenvalue weighted by Gasteiger charge is -1.66. The first-order chi connectivity index (χ1) is 3.89. The third kappa shape index (κ3) is 2.39. The van der Waals surface area contributed by atoms with Gasteiger partial charge in [-0.1, -0.05) is 13.8 Å². The van der Waals surface area contributed by atoms with Crippen LogP contribution >= 0.6 is 0 Å². The molecule has 1 aromatic rings. The van der Waals surface area contributed by atoms with E-state index in [1.807, 2.05) is 44.2 Å². The van der Waals surface area contributed by atoms with Crippen molar-refractivity contribution in [3.05, 3.63) is 18.7 Å². The Labute approximate surface area is 50.2 Å². The number of imidazole rings is 1. The number of aryl methyl sites for hydroxylation is 1. The van der Waals surface area contributed by atoms with Gasteiger partial charge >= 0.3 is 0 Å². The lowest BCUT2D eigenvalue weighted by molar-refractivity contribution is -0.670. The minimum atomic E-state index is 1.88. The molecule has 2 nitrogen and oxygen atoms in total. The first-order valence-electron chi connectivity index (χ1n) is 2.87. The van der Waals surface area contributed by atoms with Gasteiger partial charge in [-0.25, -0.2) is 4.57 Å². The second-order valence-corrected chi connectivity index (χ2v) is 1.28. The highest BCUT2D eigenvalue weighted by molar-refractivity contribution is 4.54. The van der Waals surface area contributed by atoms with Gasteiger partial charge in [0.2, 0.25) is 6.33 Å². The third-order valence-corrected chi connectivity index (χ3v) is 0.684. The Morgan fingerprint density at radius 1 is 1.38 bits per heavy atom. The fourth-order valence-electron chi connectivity index (χ4n) is 0.364. The summed E-state index contributed by atoms with van der Waals surface area (Å²) in [5, 5.41) is 0. The first kappa shape index (κ1) is 7.21. The van der Waals surface area contributed by atoms with Gasteiger partial charge in [-0.15, -0.1) is 0 Å². The summed E-state index contributed by atoms with van der Waals surface area (Å²) < 4.78 is 1.94. The highest BCUT2D eigenvalue weighted by Gasteiger charge is 1.78. The molecule has 1 aromatic heterocycles. The van der Waals surface area contributed by atoms with E-state index in [-0.39, 0.29) is 0 Å². The fraction of sp³-hybridized carbons (Fsp3) is 0.500. The van der Waals surface area contributed by atoms with Crippen molar-refractivity contribution in [2.45, 2.75) is 13.8 Å². The minimum absolute atomic E-state index is 1.88. The topological polar surface area (TPSA) is 19.7 Å². The molecule has 0 saturated carbocycles. The summed E-state index contributed by atoms with van der Waals surface area (Å²) in [5.41, 5.74) is 0. The molecule has 0 saturated heterocycles. The summed E-state index contributed by atoms with van der Waals surface area (Å²) in [6.07, 6.45) is 5.69. The van der Waals surface area contributed by atoms with Crippen molar-refractivity contribution in [1.82, 2.24) is 4.98 Å². The quantitative estimate of drug-likeness (QED) is 0.481. The molecule has 0 bridgehead atoms. The molecule has 46 valence electrons. The molecule has 0 radical (unpaired) electrons. The zero-order chi connectivity index (χ0) is 6.41. The molecule has 1 heterocycles. The average Bonchev–Trinajstić information content (AvgIpc) is 2.24. The SMILES string of the molecule is CC.C[n+]1cc[nH]c1. The Morgan fingerprint density at radius 2 is 2.00 bits per heavy atom. The standard InChI is InChI=1S/C4H6N2.C2H6/c1-6-3-2-5-4-6;1-2/h2-4H,1H3;1-2H3/p+1. The number of aromatic amines is 1. The number of aromatic nitrogens is 2. The van der Waals surface area contributed by atoms with Crippen molar-refractivity contribution in [1.29, 1.82) is 0 Å². The monoisotopic (exact) mass is 113 g/mol. The van der Waals surface area contributed by atoms with Crippen molar-refractivity contribution in [2.75, 3.05) is 0 Å². The van der Waals surface area contributed by atoms with Crippen LogP contribution in [0, 0.1) is 0 Å². The Balaban J connectivity index is 0.000000222. The molecule has 0 amide bonds. The third-order valence-electron chi connectivity index (χ3n) is 0.684. The van der Waals surface area contributed by atoms with Crippen LogP contribution in [-0.2, 0) is 7.05 Å². The second kappa shape index (κ2) is 4.37. The summed E-state index contributed by atoms with van der Waals surface area (Å²) >= 11 is 0. The molecule has 0 fully saturated rings. The van der Waals surface area contributed by atoms with Crippen LogP contribution in [0.15, 0.2) is 18.7 Å². The summed E-state index contributed by atoms with van der Waals surface area (Å²) in [7, 11) is 1.97. The molecule has 8 heavy (non-hydrogen) atoms. The second-order valence-electron chi connectivity index (χ2n) is 1.28. The Kier molecular flexibility index (Phi) is 3.94. The van der Waals surface area contributed by atoms with E-state index in [2.05, 4.69) is 4.98 Å². The van der Waals surface area contributed by atoms with Gasteiger partial charge in [0.05, 0.1) is 7.05 Å². The average molecular weight is 113 g/mol. The van der Waals surface area contributed by atoms with Crippen LogP contribution in [0.2, 0.25) is 0 Å². The molecule has 1 N–H and O–H groups in total. The molecule has 0 aromatic carbocycles. The highest BCUT2D eigenvalue weighted by atomic mass is 15.0. The van der Waals surface area contributed by atoms with E-state index < -0.39 is 0 Å². The van der Waals surface area contributed by atoms with Crippen molar-refractivity contribution in [2.24, 2.45) is 7.05 Å². The van der Waals surface area contributed by atoms with Gasteiger partial charge in [0, 0.05) is 0 Å². The highest BCUT2D eigenvalue weighted by Crippen LogP contribution is 1.59. The van der Waals surface area contributed by atoms with E-state index >= 15 is 0 Å². The molecule has 0 aliphatic rings. The maximum Gasteiger partial charge on any atom is 0.241 e. The van der Waals surface area contributed by atoms with Crippen LogP contribution < -0.4 is 4.57 Å². The van der Waals surface area contributed by atoms with Crippen molar-refractivity contribution >= 4 is 0 Å². The van der Waals surface area contributed by atoms with Gasteiger partial charge in [-0.05, 0) is 0 Å². The van der Waals surface area contributed by atoms with E-state index in [0.717, 1.165) is 0 Å². The molecular formula is C6H13N2+. The summed E-state index contributed by atoms with van der Waals surface area (Å²) in [6.45, 7) is 4.00.